The molecule has 5 rings (SSSR count). The largest absolute Gasteiger partial charge is 0.496 e. The average molecular weight is 683 g/mol. The van der Waals surface area contributed by atoms with Crippen LogP contribution in [0.25, 0.3) is 0 Å². The average Bonchev–Trinajstić information content (AvgIpc) is 3.08. The smallest absolute Gasteiger partial charge is 0.240 e. The van der Waals surface area contributed by atoms with Crippen LogP contribution in [0.1, 0.15) is 32.1 Å². The molecule has 9 nitrogen and oxygen atoms in total. The lowest BCUT2D eigenvalue weighted by Gasteiger charge is -2.10. The van der Waals surface area contributed by atoms with Crippen molar-refractivity contribution in [2.45, 2.75) is 9.79 Å². The van der Waals surface area contributed by atoms with Crippen molar-refractivity contribution in [3.8, 4) is 23.1 Å². The third-order valence-corrected chi connectivity index (χ3v) is 7.83. The van der Waals surface area contributed by atoms with E-state index in [0.29, 0.717) is 38.5 Å². The number of methoxy groups -OCH3 is 2. The zero-order valence-electron chi connectivity index (χ0n) is 24.8. The number of hydrogen-bond acceptors (Lipinski definition) is 11. The number of halogens is 3. The van der Waals surface area contributed by atoms with Crippen molar-refractivity contribution < 1.29 is 32.6 Å². The molecule has 0 radical (unpaired) electrons. The summed E-state index contributed by atoms with van der Waals surface area (Å²) in [5, 5.41) is 15.7. The Hall–Kier alpha value is -4.59. The van der Waals surface area contributed by atoms with Gasteiger partial charge >= 0.3 is 0 Å². The van der Waals surface area contributed by atoms with E-state index < -0.39 is 11.6 Å². The molecular formula is C32H25ClF2N4O5S2. The molecule has 2 aromatic heterocycles. The van der Waals surface area contributed by atoms with Gasteiger partial charge in [0, 0.05) is 21.9 Å². The van der Waals surface area contributed by atoms with Crippen LogP contribution in [0, 0.1) is 11.6 Å². The van der Waals surface area contributed by atoms with Gasteiger partial charge in [0.25, 0.3) is 0 Å². The summed E-state index contributed by atoms with van der Waals surface area (Å²) < 4.78 is 42.5. The van der Waals surface area contributed by atoms with E-state index in [0.717, 1.165) is 12.1 Å². The number of carbonyl (C=O) groups is 2. The Kier molecular flexibility index (Phi) is 12.0. The summed E-state index contributed by atoms with van der Waals surface area (Å²) in [7, 11) is 3.00. The van der Waals surface area contributed by atoms with Gasteiger partial charge in [-0.1, -0.05) is 35.9 Å². The normalized spacial score (nSPS) is 10.4. The molecule has 5 aromatic rings. The Morgan fingerprint density at radius 1 is 0.674 bits per heavy atom. The summed E-state index contributed by atoms with van der Waals surface area (Å²) in [5.41, 5.74) is 1.21. The van der Waals surface area contributed by atoms with Crippen molar-refractivity contribution in [1.29, 1.82) is 0 Å². The fourth-order valence-electron chi connectivity index (χ4n) is 3.98. The lowest BCUT2D eigenvalue weighted by molar-refractivity contribution is 0.101. The summed E-state index contributed by atoms with van der Waals surface area (Å²) in [5.74, 6) is -1.44. The van der Waals surface area contributed by atoms with E-state index in [2.05, 4.69) is 20.4 Å². The lowest BCUT2D eigenvalue weighted by Crippen LogP contribution is -2.09. The number of ether oxygens (including phenoxy) is 3. The molecule has 46 heavy (non-hydrogen) atoms. The fourth-order valence-corrected chi connectivity index (χ4v) is 5.29. The van der Waals surface area contributed by atoms with Crippen LogP contribution >= 0.6 is 35.1 Å². The fraction of sp³-hybridized carbons (Fsp3) is 0.125. The summed E-state index contributed by atoms with van der Waals surface area (Å²) in [6, 6.07) is 19.8. The number of ketones is 2. The number of thioether (sulfide) groups is 2. The zero-order valence-corrected chi connectivity index (χ0v) is 27.2. The molecule has 0 aliphatic rings. The van der Waals surface area contributed by atoms with Crippen LogP contribution in [0.4, 0.5) is 8.78 Å². The van der Waals surface area contributed by atoms with Gasteiger partial charge in [-0.25, -0.2) is 8.78 Å². The van der Waals surface area contributed by atoms with Crippen LogP contribution in [0.5, 0.6) is 23.1 Å². The topological polar surface area (TPSA) is 113 Å². The SMILES string of the molecule is COc1ccccc1C(=O)c1nnc(Cl)cc1SC.COc1ccccc1C(=O)c1nnc(Oc2ccc(F)cc2F)cc1SC. The minimum Gasteiger partial charge on any atom is -0.496 e. The van der Waals surface area contributed by atoms with Crippen LogP contribution in [0.3, 0.4) is 0 Å². The first-order chi connectivity index (χ1) is 22.2. The van der Waals surface area contributed by atoms with Gasteiger partial charge in [-0.3, -0.25) is 9.59 Å². The Morgan fingerprint density at radius 3 is 1.72 bits per heavy atom. The van der Waals surface area contributed by atoms with Crippen molar-refractivity contribution in [1.82, 2.24) is 20.4 Å². The highest BCUT2D eigenvalue weighted by Crippen LogP contribution is 2.30. The number of carbonyl (C=O) groups excluding carboxylic acids is 2. The second kappa shape index (κ2) is 16.1. The Labute approximate surface area is 276 Å². The van der Waals surface area contributed by atoms with Gasteiger partial charge in [0.05, 0.1) is 25.3 Å². The molecule has 0 amide bonds. The third kappa shape index (κ3) is 8.16. The van der Waals surface area contributed by atoms with Crippen molar-refractivity contribution in [2.24, 2.45) is 0 Å². The van der Waals surface area contributed by atoms with Crippen LogP contribution in [-0.4, -0.2) is 58.7 Å². The molecule has 0 aliphatic carbocycles. The Morgan fingerprint density at radius 2 is 1.20 bits per heavy atom. The third-order valence-electron chi connectivity index (χ3n) is 6.15. The highest BCUT2D eigenvalue weighted by molar-refractivity contribution is 7.99. The first-order valence-electron chi connectivity index (χ1n) is 13.2. The highest BCUT2D eigenvalue weighted by atomic mass is 35.5. The molecule has 0 spiro atoms. The maximum Gasteiger partial charge on any atom is 0.240 e. The van der Waals surface area contributed by atoms with Crippen LogP contribution < -0.4 is 14.2 Å². The van der Waals surface area contributed by atoms with Crippen molar-refractivity contribution >= 4 is 46.7 Å². The van der Waals surface area contributed by atoms with Gasteiger partial charge in [-0.2, -0.15) is 0 Å². The molecule has 0 saturated heterocycles. The molecule has 2 heterocycles. The summed E-state index contributed by atoms with van der Waals surface area (Å²) in [4.78, 5) is 26.5. The first-order valence-corrected chi connectivity index (χ1v) is 16.0. The van der Waals surface area contributed by atoms with Crippen molar-refractivity contribution in [3.05, 3.63) is 118 Å². The Bertz CT molecular complexity index is 1880. The maximum absolute atomic E-state index is 13.7. The molecular weight excluding hydrogens is 658 g/mol. The Balaban J connectivity index is 0.000000222. The van der Waals surface area contributed by atoms with E-state index in [4.69, 9.17) is 25.8 Å². The molecule has 0 bridgehead atoms. The lowest BCUT2D eigenvalue weighted by atomic mass is 10.1. The van der Waals surface area contributed by atoms with E-state index >= 15 is 0 Å². The van der Waals surface area contributed by atoms with E-state index in [1.807, 2.05) is 6.26 Å². The second-order valence-corrected chi connectivity index (χ2v) is 11.0. The van der Waals surface area contributed by atoms with Crippen LogP contribution in [0.2, 0.25) is 5.15 Å². The predicted octanol–water partition coefficient (Wildman–Crippen LogP) is 7.60. The molecule has 0 atom stereocenters. The van der Waals surface area contributed by atoms with E-state index in [-0.39, 0.29) is 39.7 Å². The van der Waals surface area contributed by atoms with E-state index in [1.54, 1.807) is 60.9 Å². The standard InChI is InChI=1S/C19H14F2N2O3S.C13H11ClN2O2S/c1-25-14-6-4-3-5-12(14)19(24)18-16(27-2)10-17(22-23-18)26-15-8-7-11(20)9-13(15)21;1-18-9-6-4-3-5-8(9)13(17)12-10(19-2)7-11(14)15-16-12/h3-10H,1-2H3;3-7H,1-2H3. The minimum absolute atomic E-state index is 0.0126. The molecule has 0 N–H and O–H groups in total. The number of benzene rings is 3. The number of hydrogen-bond donors (Lipinski definition) is 0. The van der Waals surface area contributed by atoms with Crippen molar-refractivity contribution in [3.63, 3.8) is 0 Å². The predicted molar refractivity (Wildman–Crippen MR) is 172 cm³/mol. The van der Waals surface area contributed by atoms with E-state index in [1.165, 1.54) is 43.8 Å². The number of nitrogens with zero attached hydrogens (tertiary/aromatic N) is 4. The van der Waals surface area contributed by atoms with Crippen molar-refractivity contribution in [2.75, 3.05) is 26.7 Å². The number of para-hydroxylation sites is 2. The molecule has 0 aliphatic heterocycles. The summed E-state index contributed by atoms with van der Waals surface area (Å²) in [6.07, 6.45) is 3.62. The summed E-state index contributed by atoms with van der Waals surface area (Å²) in [6.45, 7) is 0. The number of aromatic nitrogens is 4. The molecule has 236 valence electrons. The second-order valence-electron chi connectivity index (χ2n) is 8.92. The van der Waals surface area contributed by atoms with Gasteiger partial charge in [-0.15, -0.1) is 43.9 Å². The molecule has 0 unspecified atom stereocenters. The molecule has 0 saturated carbocycles. The van der Waals surface area contributed by atoms with Gasteiger partial charge in [-0.05, 0) is 55.0 Å². The zero-order chi connectivity index (χ0) is 33.2. The molecule has 3 aromatic carbocycles. The quantitative estimate of drug-likeness (QED) is 0.107. The molecule has 0 fully saturated rings. The monoisotopic (exact) mass is 682 g/mol. The van der Waals surface area contributed by atoms with E-state index in [9.17, 15) is 18.4 Å². The van der Waals surface area contributed by atoms with Gasteiger partial charge in [0.15, 0.2) is 16.7 Å². The number of rotatable bonds is 10. The highest BCUT2D eigenvalue weighted by Gasteiger charge is 2.22. The van der Waals surface area contributed by atoms with Gasteiger partial charge in [0.2, 0.25) is 17.4 Å². The van der Waals surface area contributed by atoms with Crippen LogP contribution in [-0.2, 0) is 0 Å². The summed E-state index contributed by atoms with van der Waals surface area (Å²) >= 11 is 8.44. The first kappa shape index (κ1) is 34.3. The van der Waals surface area contributed by atoms with Gasteiger partial charge < -0.3 is 14.2 Å². The molecule has 14 heteroatoms. The van der Waals surface area contributed by atoms with Crippen LogP contribution in [0.15, 0.2) is 88.7 Å². The van der Waals surface area contributed by atoms with Gasteiger partial charge in [0.1, 0.15) is 28.7 Å². The maximum atomic E-state index is 13.7. The minimum atomic E-state index is -0.864.